The molecule has 2 atom stereocenters. The third kappa shape index (κ3) is 5.55. The Morgan fingerprint density at radius 1 is 0.667 bits per heavy atom. The van der Waals surface area contributed by atoms with Gasteiger partial charge >= 0.3 is 21.7 Å². The van der Waals surface area contributed by atoms with Crippen molar-refractivity contribution in [3.63, 3.8) is 0 Å². The van der Waals surface area contributed by atoms with E-state index in [1.54, 1.807) is 16.7 Å². The van der Waals surface area contributed by atoms with Gasteiger partial charge in [0.25, 0.3) is 0 Å². The molecule has 0 spiro atoms. The van der Waals surface area contributed by atoms with Gasteiger partial charge in [-0.05, 0) is 72.4 Å². The van der Waals surface area contributed by atoms with E-state index in [9.17, 15) is 0 Å². The van der Waals surface area contributed by atoms with Gasteiger partial charge in [-0.2, -0.15) is 0 Å². The van der Waals surface area contributed by atoms with Crippen LogP contribution in [0.5, 0.6) is 0 Å². The van der Waals surface area contributed by atoms with Gasteiger partial charge in [-0.25, -0.2) is 0 Å². The Hall–Kier alpha value is -0.786. The van der Waals surface area contributed by atoms with E-state index >= 15 is 0 Å². The Labute approximate surface area is 266 Å². The van der Waals surface area contributed by atoms with E-state index in [-0.39, 0.29) is 73.6 Å². The van der Waals surface area contributed by atoms with Crippen molar-refractivity contribution in [2.45, 2.75) is 106 Å². The fraction of sp³-hybridized carbons (Fsp3) is 0.556. The normalized spacial score (nSPS) is 23.4. The largest absolute Gasteiger partial charge is 2.00 e. The molecular formula is C36H48Cl2Ti. The van der Waals surface area contributed by atoms with Crippen LogP contribution >= 0.6 is 0 Å². The summed E-state index contributed by atoms with van der Waals surface area (Å²) in [7, 11) is 0. The number of halogens is 2. The summed E-state index contributed by atoms with van der Waals surface area (Å²) in [4.78, 5) is 0. The Kier molecular flexibility index (Phi) is 9.26. The first-order chi connectivity index (χ1) is 16.3. The molecule has 0 saturated heterocycles. The van der Waals surface area contributed by atoms with Gasteiger partial charge in [-0.3, -0.25) is 0 Å². The van der Waals surface area contributed by atoms with Crippen molar-refractivity contribution in [1.82, 2.24) is 0 Å². The molecule has 0 nitrogen and oxygen atoms in total. The number of hydrogen-bond acceptors (Lipinski definition) is 0. The molecule has 2 aromatic rings. The van der Waals surface area contributed by atoms with Gasteiger partial charge in [0.1, 0.15) is 0 Å². The van der Waals surface area contributed by atoms with Gasteiger partial charge in [0, 0.05) is 11.8 Å². The van der Waals surface area contributed by atoms with E-state index in [1.165, 1.54) is 34.2 Å². The van der Waals surface area contributed by atoms with Crippen LogP contribution in [0, 0.1) is 22.2 Å². The zero-order chi connectivity index (χ0) is 26.6. The molecule has 1 saturated carbocycles. The molecule has 0 radical (unpaired) electrons. The van der Waals surface area contributed by atoms with Gasteiger partial charge in [0.05, 0.1) is 0 Å². The average molecular weight is 600 g/mol. The quantitative estimate of drug-likeness (QED) is 0.428. The Morgan fingerprint density at radius 2 is 1.10 bits per heavy atom. The maximum Gasteiger partial charge on any atom is 2.00 e. The molecule has 3 aliphatic rings. The van der Waals surface area contributed by atoms with Crippen LogP contribution in [0.25, 0.3) is 11.1 Å². The summed E-state index contributed by atoms with van der Waals surface area (Å²) in [6.45, 7) is 28.8. The van der Waals surface area contributed by atoms with Crippen molar-refractivity contribution in [2.24, 2.45) is 22.2 Å². The average Bonchev–Trinajstić information content (AvgIpc) is 3.36. The van der Waals surface area contributed by atoms with E-state index < -0.39 is 0 Å². The van der Waals surface area contributed by atoms with Gasteiger partial charge < -0.3 is 24.8 Å². The van der Waals surface area contributed by atoms with Crippen LogP contribution in [0.2, 0.25) is 0 Å². The summed E-state index contributed by atoms with van der Waals surface area (Å²) in [5.41, 5.74) is 12.9. The van der Waals surface area contributed by atoms with E-state index in [1.807, 2.05) is 0 Å². The summed E-state index contributed by atoms with van der Waals surface area (Å²) in [6.07, 6.45) is 6.44. The summed E-state index contributed by atoms with van der Waals surface area (Å²) in [5.74, 6) is 0.889. The maximum atomic E-state index is 2.66. The van der Waals surface area contributed by atoms with Crippen LogP contribution in [-0.2, 0) is 32.5 Å². The summed E-state index contributed by atoms with van der Waals surface area (Å²) in [6, 6.07) is 14.7. The van der Waals surface area contributed by atoms with Crippen LogP contribution < -0.4 is 24.8 Å². The van der Waals surface area contributed by atoms with Crippen molar-refractivity contribution >= 4 is 0 Å². The van der Waals surface area contributed by atoms with Crippen LogP contribution in [-0.4, -0.2) is 0 Å². The van der Waals surface area contributed by atoms with Crippen LogP contribution in [0.3, 0.4) is 0 Å². The molecule has 0 aliphatic heterocycles. The zero-order valence-electron chi connectivity index (χ0n) is 26.2. The molecule has 0 amide bonds. The molecular weight excluding hydrogens is 551 g/mol. The zero-order valence-corrected chi connectivity index (χ0v) is 29.3. The van der Waals surface area contributed by atoms with Crippen LogP contribution in [0.15, 0.2) is 59.7 Å². The molecule has 0 heterocycles. The predicted molar refractivity (Wildman–Crippen MR) is 157 cm³/mol. The van der Waals surface area contributed by atoms with Gasteiger partial charge in [-0.15, -0.1) is 0 Å². The van der Waals surface area contributed by atoms with E-state index in [0.29, 0.717) is 11.8 Å². The standard InChI is InChI=1S/C36H48.2ClH.Ti/c1-32(2,3)22-13-15-25-26-16-14-23(33(4,5)6)18-28(26)31(27(25)17-22)36(12)21-35(10,11)29-19-24(20-30(29)36)34(7,8)9;;;/h13-20,30-31H,21H2,1-12H3;2*1H;/q;;;+2/p-2. The summed E-state index contributed by atoms with van der Waals surface area (Å²) < 4.78 is 0. The monoisotopic (exact) mass is 598 g/mol. The summed E-state index contributed by atoms with van der Waals surface area (Å²) in [5, 5.41) is 0. The number of benzene rings is 2. The molecule has 1 fully saturated rings. The molecule has 0 aromatic heterocycles. The topological polar surface area (TPSA) is 0 Å². The third-order valence-electron chi connectivity index (χ3n) is 9.58. The molecule has 0 N–H and O–H groups in total. The molecule has 0 bridgehead atoms. The second-order valence-corrected chi connectivity index (χ2v) is 16.1. The third-order valence-corrected chi connectivity index (χ3v) is 9.58. The predicted octanol–water partition coefficient (Wildman–Crippen LogP) is 4.36. The number of rotatable bonds is 1. The SMILES string of the molecule is CC(C)(C)C1=CC2C(=C1)C(C)(C)CC2(C)C1c2cc(C(C)(C)C)ccc2-c2ccc(C(C)(C)C)cc21.[Cl-].[Cl-].[Ti+2]. The molecule has 39 heavy (non-hydrogen) atoms. The summed E-state index contributed by atoms with van der Waals surface area (Å²) >= 11 is 0. The first kappa shape index (κ1) is 34.4. The Morgan fingerprint density at radius 3 is 1.49 bits per heavy atom. The number of hydrogen-bond donors (Lipinski definition) is 0. The molecule has 210 valence electrons. The van der Waals surface area contributed by atoms with Gasteiger partial charge in [-0.1, -0.05) is 137 Å². The van der Waals surface area contributed by atoms with Crippen molar-refractivity contribution in [2.75, 3.05) is 0 Å². The fourth-order valence-corrected chi connectivity index (χ4v) is 7.55. The van der Waals surface area contributed by atoms with Crippen molar-refractivity contribution < 1.29 is 46.5 Å². The minimum atomic E-state index is 0. The van der Waals surface area contributed by atoms with Gasteiger partial charge in [0.15, 0.2) is 0 Å². The van der Waals surface area contributed by atoms with Crippen molar-refractivity contribution in [1.29, 1.82) is 0 Å². The minimum Gasteiger partial charge on any atom is -1.00 e. The molecule has 5 rings (SSSR count). The number of fused-ring (bicyclic) bond motifs is 4. The van der Waals surface area contributed by atoms with Crippen molar-refractivity contribution in [3.05, 3.63) is 82.0 Å². The molecule has 2 aromatic carbocycles. The molecule has 3 aliphatic carbocycles. The first-order valence-corrected chi connectivity index (χ1v) is 14.1. The van der Waals surface area contributed by atoms with E-state index in [0.717, 1.165) is 0 Å². The first-order valence-electron chi connectivity index (χ1n) is 14.1. The fourth-order valence-electron chi connectivity index (χ4n) is 7.55. The van der Waals surface area contributed by atoms with Crippen LogP contribution in [0.1, 0.15) is 118 Å². The van der Waals surface area contributed by atoms with Gasteiger partial charge in [0.2, 0.25) is 0 Å². The second kappa shape index (κ2) is 10.5. The minimum absolute atomic E-state index is 0. The smallest absolute Gasteiger partial charge is 1.00 e. The maximum absolute atomic E-state index is 2.66. The Balaban J connectivity index is 0.00000178. The molecule has 2 unspecified atom stereocenters. The van der Waals surface area contributed by atoms with E-state index in [2.05, 4.69) is 132 Å². The van der Waals surface area contributed by atoms with Crippen LogP contribution in [0.4, 0.5) is 0 Å². The van der Waals surface area contributed by atoms with Crippen molar-refractivity contribution in [3.8, 4) is 11.1 Å². The second-order valence-electron chi connectivity index (χ2n) is 16.1. The molecule has 3 heteroatoms. The van der Waals surface area contributed by atoms with E-state index in [4.69, 9.17) is 0 Å². The number of allylic oxidation sites excluding steroid dienone is 4. The Bertz CT molecular complexity index is 1240.